The number of pyridine rings is 1. The third-order valence-corrected chi connectivity index (χ3v) is 5.17. The van der Waals surface area contributed by atoms with Crippen LogP contribution in [0.25, 0.3) is 5.69 Å². The van der Waals surface area contributed by atoms with Crippen molar-refractivity contribution in [2.24, 2.45) is 5.73 Å². The van der Waals surface area contributed by atoms with E-state index in [1.807, 2.05) is 37.3 Å². The number of nitrogens with two attached hydrogens (primary N) is 1. The Kier molecular flexibility index (Phi) is 5.97. The number of amides is 1. The van der Waals surface area contributed by atoms with Crippen LogP contribution in [-0.2, 0) is 6.18 Å². The van der Waals surface area contributed by atoms with Crippen molar-refractivity contribution in [3.05, 3.63) is 89.7 Å². The number of rotatable bonds is 6. The molecule has 2 aromatic heterocycles. The highest BCUT2D eigenvalue weighted by atomic mass is 19.4. The van der Waals surface area contributed by atoms with Crippen LogP contribution in [0.1, 0.15) is 21.6 Å². The molecule has 0 saturated carbocycles. The summed E-state index contributed by atoms with van der Waals surface area (Å²) in [7, 11) is 1.44. The number of aryl methyl sites for hydroxylation is 1. The predicted octanol–water partition coefficient (Wildman–Crippen LogP) is 5.20. The summed E-state index contributed by atoms with van der Waals surface area (Å²) in [5, 5.41) is 7.51. The Morgan fingerprint density at radius 3 is 2.38 bits per heavy atom. The Labute approximate surface area is 193 Å². The van der Waals surface area contributed by atoms with Crippen molar-refractivity contribution in [3.8, 4) is 5.69 Å². The number of para-hydroxylation sites is 2. The molecule has 0 aliphatic carbocycles. The third-order valence-electron chi connectivity index (χ3n) is 5.17. The van der Waals surface area contributed by atoms with Crippen LogP contribution in [0, 0.1) is 6.92 Å². The predicted molar refractivity (Wildman–Crippen MR) is 124 cm³/mol. The summed E-state index contributed by atoms with van der Waals surface area (Å²) < 4.78 is 43.2. The number of nitrogens with one attached hydrogen (secondary N) is 1. The Balaban J connectivity index is 1.79. The smallest absolute Gasteiger partial charge is 0.366 e. The number of primary amides is 1. The van der Waals surface area contributed by atoms with Gasteiger partial charge >= 0.3 is 6.18 Å². The molecule has 34 heavy (non-hydrogen) atoms. The minimum atomic E-state index is -4.67. The molecule has 4 rings (SSSR count). The number of hydrogen-bond acceptors (Lipinski definition) is 5. The number of aromatic nitrogens is 3. The molecule has 0 unspecified atom stereocenters. The summed E-state index contributed by atoms with van der Waals surface area (Å²) in [6, 6.07) is 18.5. The molecule has 0 atom stereocenters. The van der Waals surface area contributed by atoms with E-state index in [0.717, 1.165) is 11.9 Å². The quantitative estimate of drug-likeness (QED) is 0.408. The van der Waals surface area contributed by atoms with Crippen molar-refractivity contribution >= 4 is 28.9 Å². The van der Waals surface area contributed by atoms with Gasteiger partial charge in [0.1, 0.15) is 11.6 Å². The van der Waals surface area contributed by atoms with Gasteiger partial charge in [0.05, 0.1) is 33.9 Å². The van der Waals surface area contributed by atoms with Crippen LogP contribution >= 0.6 is 0 Å². The maximum absolute atomic E-state index is 13.8. The zero-order valence-corrected chi connectivity index (χ0v) is 18.3. The molecule has 0 radical (unpaired) electrons. The summed E-state index contributed by atoms with van der Waals surface area (Å²) in [6.07, 6.45) is -3.91. The van der Waals surface area contributed by atoms with Gasteiger partial charge in [0, 0.05) is 25.4 Å². The minimum Gasteiger partial charge on any atom is -0.366 e. The van der Waals surface area contributed by atoms with Crippen molar-refractivity contribution in [1.29, 1.82) is 0 Å². The van der Waals surface area contributed by atoms with E-state index < -0.39 is 17.6 Å². The standard InChI is InChI=1S/C24H21F3N6O/c1-15-12-22(33(31-15)16-8-4-3-5-9-16)30-21-13-20(18(14-29-21)24(25,26)27)32(2)19-11-7-6-10-17(19)23(28)34/h3-14H,1-2H3,(H2,28,34)(H,29,30). The second-order valence-corrected chi connectivity index (χ2v) is 7.57. The zero-order valence-electron chi connectivity index (χ0n) is 18.3. The zero-order chi connectivity index (χ0) is 24.5. The molecular formula is C24H21F3N6O. The largest absolute Gasteiger partial charge is 0.419 e. The molecule has 0 aliphatic heterocycles. The van der Waals surface area contributed by atoms with E-state index in [2.05, 4.69) is 15.4 Å². The van der Waals surface area contributed by atoms with Crippen LogP contribution in [-0.4, -0.2) is 27.7 Å². The second kappa shape index (κ2) is 8.89. The lowest BCUT2D eigenvalue weighted by Gasteiger charge is -2.25. The third kappa shape index (κ3) is 4.56. The van der Waals surface area contributed by atoms with Gasteiger partial charge in [-0.3, -0.25) is 4.79 Å². The second-order valence-electron chi connectivity index (χ2n) is 7.57. The van der Waals surface area contributed by atoms with Crippen molar-refractivity contribution in [3.63, 3.8) is 0 Å². The summed E-state index contributed by atoms with van der Waals surface area (Å²) in [5.74, 6) is -0.0452. The number of anilines is 4. The molecule has 0 bridgehead atoms. The average molecular weight is 466 g/mol. The average Bonchev–Trinajstić information content (AvgIpc) is 3.18. The number of hydrogen-bond donors (Lipinski definition) is 2. The topological polar surface area (TPSA) is 89.1 Å². The van der Waals surface area contributed by atoms with Crippen LogP contribution in [0.5, 0.6) is 0 Å². The fourth-order valence-electron chi connectivity index (χ4n) is 3.60. The van der Waals surface area contributed by atoms with Gasteiger partial charge in [0.15, 0.2) is 0 Å². The van der Waals surface area contributed by atoms with E-state index in [9.17, 15) is 18.0 Å². The van der Waals surface area contributed by atoms with Gasteiger partial charge in [-0.15, -0.1) is 0 Å². The van der Waals surface area contributed by atoms with Crippen LogP contribution in [0.15, 0.2) is 72.9 Å². The van der Waals surface area contributed by atoms with Crippen molar-refractivity contribution < 1.29 is 18.0 Å². The van der Waals surface area contributed by atoms with Gasteiger partial charge in [0.25, 0.3) is 5.91 Å². The molecule has 1 amide bonds. The van der Waals surface area contributed by atoms with Gasteiger partial charge in [-0.25, -0.2) is 9.67 Å². The highest BCUT2D eigenvalue weighted by molar-refractivity contribution is 5.99. The lowest BCUT2D eigenvalue weighted by molar-refractivity contribution is -0.137. The summed E-state index contributed by atoms with van der Waals surface area (Å²) >= 11 is 0. The minimum absolute atomic E-state index is 0.0993. The maximum Gasteiger partial charge on any atom is 0.419 e. The first-order chi connectivity index (χ1) is 16.1. The van der Waals surface area contributed by atoms with Gasteiger partial charge in [-0.2, -0.15) is 18.3 Å². The summed E-state index contributed by atoms with van der Waals surface area (Å²) in [5.41, 5.74) is 6.12. The first kappa shape index (κ1) is 22.8. The van der Waals surface area contributed by atoms with Crippen molar-refractivity contribution in [2.45, 2.75) is 13.1 Å². The van der Waals surface area contributed by atoms with Gasteiger partial charge in [-0.05, 0) is 31.2 Å². The van der Waals surface area contributed by atoms with E-state index in [4.69, 9.17) is 5.73 Å². The highest BCUT2D eigenvalue weighted by Crippen LogP contribution is 2.40. The monoisotopic (exact) mass is 466 g/mol. The Hall–Kier alpha value is -4.34. The number of benzene rings is 2. The number of halogens is 3. The molecule has 0 fully saturated rings. The van der Waals surface area contributed by atoms with E-state index >= 15 is 0 Å². The molecule has 2 heterocycles. The molecule has 10 heteroatoms. The van der Waals surface area contributed by atoms with Crippen LogP contribution in [0.2, 0.25) is 0 Å². The molecule has 2 aromatic carbocycles. The highest BCUT2D eigenvalue weighted by Gasteiger charge is 2.36. The van der Waals surface area contributed by atoms with Crippen LogP contribution < -0.4 is 16.0 Å². The fourth-order valence-corrected chi connectivity index (χ4v) is 3.60. The van der Waals surface area contributed by atoms with Gasteiger partial charge in [-0.1, -0.05) is 30.3 Å². The normalized spacial score (nSPS) is 11.3. The van der Waals surface area contributed by atoms with Gasteiger partial charge in [0.2, 0.25) is 0 Å². The van der Waals surface area contributed by atoms with E-state index in [1.54, 1.807) is 22.9 Å². The van der Waals surface area contributed by atoms with Crippen molar-refractivity contribution in [2.75, 3.05) is 17.3 Å². The number of carbonyl (C=O) groups excluding carboxylic acids is 1. The molecule has 0 saturated heterocycles. The Morgan fingerprint density at radius 2 is 1.71 bits per heavy atom. The lowest BCUT2D eigenvalue weighted by Crippen LogP contribution is -2.21. The Bertz CT molecular complexity index is 1330. The van der Waals surface area contributed by atoms with E-state index in [1.165, 1.54) is 30.1 Å². The lowest BCUT2D eigenvalue weighted by atomic mass is 10.1. The molecule has 3 N–H and O–H groups in total. The SMILES string of the molecule is Cc1cc(Nc2cc(N(C)c3ccccc3C(N)=O)c(C(F)(F)F)cn2)n(-c2ccccc2)n1. The van der Waals surface area contributed by atoms with Crippen LogP contribution in [0.4, 0.5) is 36.2 Å². The fraction of sp³-hybridized carbons (Fsp3) is 0.125. The molecule has 4 aromatic rings. The molecule has 174 valence electrons. The molecular weight excluding hydrogens is 445 g/mol. The van der Waals surface area contributed by atoms with E-state index in [0.29, 0.717) is 11.5 Å². The summed E-state index contributed by atoms with van der Waals surface area (Å²) in [4.78, 5) is 17.1. The molecule has 0 spiro atoms. The molecule has 0 aliphatic rings. The van der Waals surface area contributed by atoms with Crippen LogP contribution in [0.3, 0.4) is 0 Å². The summed E-state index contributed by atoms with van der Waals surface area (Å²) in [6.45, 7) is 1.81. The number of nitrogens with zero attached hydrogens (tertiary/aromatic N) is 4. The number of alkyl halides is 3. The first-order valence-electron chi connectivity index (χ1n) is 10.2. The first-order valence-corrected chi connectivity index (χ1v) is 10.2. The number of carbonyl (C=O) groups is 1. The Morgan fingerprint density at radius 1 is 1.03 bits per heavy atom. The van der Waals surface area contributed by atoms with Crippen molar-refractivity contribution in [1.82, 2.24) is 14.8 Å². The van der Waals surface area contributed by atoms with E-state index in [-0.39, 0.29) is 22.8 Å². The van der Waals surface area contributed by atoms with Gasteiger partial charge < -0.3 is 16.0 Å². The maximum atomic E-state index is 13.8. The molecule has 7 nitrogen and oxygen atoms in total.